The average Bonchev–Trinajstić information content (AvgIpc) is 2.73. The molecule has 1 unspecified atom stereocenters. The molecule has 3 aromatic carbocycles. The van der Waals surface area contributed by atoms with Gasteiger partial charge in [-0.2, -0.15) is 5.26 Å². The molecule has 0 saturated heterocycles. The van der Waals surface area contributed by atoms with Crippen molar-refractivity contribution >= 4 is 5.97 Å². The van der Waals surface area contributed by atoms with Crippen LogP contribution in [0.1, 0.15) is 38.7 Å². The molecule has 0 aliphatic rings. The largest absolute Gasteiger partial charge is 0.488 e. The predicted octanol–water partition coefficient (Wildman–Crippen LogP) is 4.66. The Balaban J connectivity index is 1.86. The van der Waals surface area contributed by atoms with Crippen molar-refractivity contribution in [2.24, 2.45) is 0 Å². The third-order valence-electron chi connectivity index (χ3n) is 4.53. The summed E-state index contributed by atoms with van der Waals surface area (Å²) in [7, 11) is 0. The SMILES string of the molecule is Cc1cccc(C)c1OCc1cc(OC(=O)c2ccccc2)ccc1C(O)C#N. The zero-order chi connectivity index (χ0) is 20.8. The molecule has 0 bridgehead atoms. The van der Waals surface area contributed by atoms with Crippen molar-refractivity contribution in [1.29, 1.82) is 5.26 Å². The summed E-state index contributed by atoms with van der Waals surface area (Å²) in [5.74, 6) is 0.574. The maximum absolute atomic E-state index is 12.3. The second kappa shape index (κ2) is 9.05. The van der Waals surface area contributed by atoms with Crippen LogP contribution in [0.25, 0.3) is 0 Å². The molecule has 1 N–H and O–H groups in total. The molecule has 29 heavy (non-hydrogen) atoms. The van der Waals surface area contributed by atoms with E-state index in [-0.39, 0.29) is 6.61 Å². The fourth-order valence-electron chi connectivity index (χ4n) is 3.02. The van der Waals surface area contributed by atoms with Crippen molar-refractivity contribution in [2.75, 3.05) is 0 Å². The number of carbonyl (C=O) groups excluding carboxylic acids is 1. The van der Waals surface area contributed by atoms with Crippen molar-refractivity contribution in [3.05, 3.63) is 94.5 Å². The maximum atomic E-state index is 12.3. The lowest BCUT2D eigenvalue weighted by molar-refractivity contribution is 0.0734. The molecule has 0 saturated carbocycles. The number of rotatable bonds is 6. The first-order valence-corrected chi connectivity index (χ1v) is 9.16. The minimum absolute atomic E-state index is 0.122. The van der Waals surface area contributed by atoms with Gasteiger partial charge in [0.2, 0.25) is 0 Å². The highest BCUT2D eigenvalue weighted by Crippen LogP contribution is 2.28. The van der Waals surface area contributed by atoms with Crippen LogP contribution in [0.5, 0.6) is 11.5 Å². The molecule has 3 aromatic rings. The van der Waals surface area contributed by atoms with Gasteiger partial charge in [-0.25, -0.2) is 4.79 Å². The molecule has 146 valence electrons. The molecular weight excluding hydrogens is 366 g/mol. The number of aliphatic hydroxyl groups excluding tert-OH is 1. The number of esters is 1. The van der Waals surface area contributed by atoms with Crippen molar-refractivity contribution in [2.45, 2.75) is 26.6 Å². The van der Waals surface area contributed by atoms with Gasteiger partial charge in [-0.3, -0.25) is 0 Å². The van der Waals surface area contributed by atoms with Crippen LogP contribution in [0, 0.1) is 25.2 Å². The van der Waals surface area contributed by atoms with Crippen LogP contribution in [-0.2, 0) is 6.61 Å². The van der Waals surface area contributed by atoms with E-state index in [0.29, 0.717) is 22.4 Å². The number of nitrogens with zero attached hydrogens (tertiary/aromatic N) is 1. The maximum Gasteiger partial charge on any atom is 0.343 e. The van der Waals surface area contributed by atoms with E-state index in [9.17, 15) is 9.90 Å². The molecule has 5 heteroatoms. The number of ether oxygens (including phenoxy) is 2. The summed E-state index contributed by atoms with van der Waals surface area (Å²) in [5.41, 5.74) is 3.39. The Hall–Kier alpha value is -3.62. The lowest BCUT2D eigenvalue weighted by Gasteiger charge is -2.16. The molecule has 0 amide bonds. The molecule has 0 aromatic heterocycles. The van der Waals surface area contributed by atoms with Crippen LogP contribution < -0.4 is 9.47 Å². The molecule has 3 rings (SSSR count). The first-order chi connectivity index (χ1) is 14.0. The van der Waals surface area contributed by atoms with Gasteiger partial charge in [0, 0.05) is 5.56 Å². The lowest BCUT2D eigenvalue weighted by Crippen LogP contribution is -2.10. The van der Waals surface area contributed by atoms with Crippen LogP contribution in [0.4, 0.5) is 0 Å². The van der Waals surface area contributed by atoms with Gasteiger partial charge in [0.25, 0.3) is 0 Å². The van der Waals surface area contributed by atoms with E-state index in [1.165, 1.54) is 0 Å². The smallest absolute Gasteiger partial charge is 0.343 e. The van der Waals surface area contributed by atoms with E-state index in [1.807, 2.05) is 44.2 Å². The number of carbonyl (C=O) groups is 1. The minimum Gasteiger partial charge on any atom is -0.488 e. The molecule has 0 fully saturated rings. The minimum atomic E-state index is -1.30. The highest BCUT2D eigenvalue weighted by atomic mass is 16.5. The fourth-order valence-corrected chi connectivity index (χ4v) is 3.02. The van der Waals surface area contributed by atoms with Gasteiger partial charge in [-0.1, -0.05) is 42.5 Å². The fraction of sp³-hybridized carbons (Fsp3) is 0.167. The number of nitriles is 1. The predicted molar refractivity (Wildman–Crippen MR) is 109 cm³/mol. The van der Waals surface area contributed by atoms with Gasteiger partial charge in [0.15, 0.2) is 6.10 Å². The lowest BCUT2D eigenvalue weighted by atomic mass is 10.0. The summed E-state index contributed by atoms with van der Waals surface area (Å²) in [6.07, 6.45) is -1.30. The van der Waals surface area contributed by atoms with Gasteiger partial charge < -0.3 is 14.6 Å². The Labute approximate surface area is 169 Å². The van der Waals surface area contributed by atoms with Gasteiger partial charge in [0.1, 0.15) is 18.1 Å². The highest BCUT2D eigenvalue weighted by Gasteiger charge is 2.16. The standard InChI is InChI=1S/C24H21NO4/c1-16-7-6-8-17(2)23(16)28-15-19-13-20(11-12-21(19)22(26)14-25)29-24(27)18-9-4-3-5-10-18/h3-13,22,26H,15H2,1-2H3. The molecule has 0 radical (unpaired) electrons. The molecule has 0 aliphatic heterocycles. The van der Waals surface area contributed by atoms with E-state index < -0.39 is 12.1 Å². The van der Waals surface area contributed by atoms with Crippen LogP contribution in [0.15, 0.2) is 66.7 Å². The van der Waals surface area contributed by atoms with Crippen LogP contribution in [-0.4, -0.2) is 11.1 Å². The topological polar surface area (TPSA) is 79.6 Å². The van der Waals surface area contributed by atoms with Crippen molar-refractivity contribution in [3.8, 4) is 17.6 Å². The summed E-state index contributed by atoms with van der Waals surface area (Å²) in [5, 5.41) is 19.2. The highest BCUT2D eigenvalue weighted by molar-refractivity contribution is 5.91. The summed E-state index contributed by atoms with van der Waals surface area (Å²) in [4.78, 5) is 12.3. The van der Waals surface area contributed by atoms with Crippen molar-refractivity contribution in [1.82, 2.24) is 0 Å². The summed E-state index contributed by atoms with van der Waals surface area (Å²) >= 11 is 0. The number of aryl methyl sites for hydroxylation is 2. The quantitative estimate of drug-likeness (QED) is 0.378. The summed E-state index contributed by atoms with van der Waals surface area (Å²) in [6.45, 7) is 4.02. The van der Waals surface area contributed by atoms with Gasteiger partial charge in [0.05, 0.1) is 11.6 Å². The zero-order valence-electron chi connectivity index (χ0n) is 16.3. The number of para-hydroxylation sites is 1. The first-order valence-electron chi connectivity index (χ1n) is 9.16. The van der Waals surface area contributed by atoms with Crippen molar-refractivity contribution < 1.29 is 19.4 Å². The Bertz CT molecular complexity index is 1030. The van der Waals surface area contributed by atoms with E-state index in [2.05, 4.69) is 0 Å². The van der Waals surface area contributed by atoms with E-state index in [0.717, 1.165) is 16.9 Å². The Morgan fingerprint density at radius 1 is 1.03 bits per heavy atom. The monoisotopic (exact) mass is 387 g/mol. The number of aliphatic hydroxyl groups is 1. The number of hydrogen-bond donors (Lipinski definition) is 1. The summed E-state index contributed by atoms with van der Waals surface area (Å²) < 4.78 is 11.4. The molecule has 0 heterocycles. The first kappa shape index (κ1) is 20.1. The Morgan fingerprint density at radius 3 is 2.38 bits per heavy atom. The van der Waals surface area contributed by atoms with Crippen LogP contribution in [0.2, 0.25) is 0 Å². The normalized spacial score (nSPS) is 11.4. The zero-order valence-corrected chi connectivity index (χ0v) is 16.3. The third kappa shape index (κ3) is 4.81. The number of hydrogen-bond acceptors (Lipinski definition) is 5. The Morgan fingerprint density at radius 2 is 1.72 bits per heavy atom. The number of benzene rings is 3. The average molecular weight is 387 g/mol. The van der Waals surface area contributed by atoms with E-state index in [1.54, 1.807) is 42.5 Å². The Kier molecular flexibility index (Phi) is 6.28. The van der Waals surface area contributed by atoms with E-state index >= 15 is 0 Å². The summed E-state index contributed by atoms with van der Waals surface area (Å²) in [6, 6.07) is 21.1. The second-order valence-electron chi connectivity index (χ2n) is 6.66. The second-order valence-corrected chi connectivity index (χ2v) is 6.66. The van der Waals surface area contributed by atoms with Crippen LogP contribution in [0.3, 0.4) is 0 Å². The van der Waals surface area contributed by atoms with Crippen molar-refractivity contribution in [3.63, 3.8) is 0 Å². The molecule has 1 atom stereocenters. The van der Waals surface area contributed by atoms with Gasteiger partial charge in [-0.15, -0.1) is 0 Å². The van der Waals surface area contributed by atoms with Gasteiger partial charge >= 0.3 is 5.97 Å². The van der Waals surface area contributed by atoms with Gasteiger partial charge in [-0.05, 0) is 54.8 Å². The van der Waals surface area contributed by atoms with E-state index in [4.69, 9.17) is 14.7 Å². The third-order valence-corrected chi connectivity index (χ3v) is 4.53. The molecule has 0 spiro atoms. The molecular formula is C24H21NO4. The van der Waals surface area contributed by atoms with Crippen LogP contribution >= 0.6 is 0 Å². The molecule has 0 aliphatic carbocycles. The molecule has 5 nitrogen and oxygen atoms in total.